The number of aryl methyl sites for hydroxylation is 2. The van der Waals surface area contributed by atoms with E-state index in [-0.39, 0.29) is 23.6 Å². The highest BCUT2D eigenvalue weighted by molar-refractivity contribution is 7.89. The fraction of sp³-hybridized carbons (Fsp3) is 0.480. The standard InChI is InChI=1S/C25H34N2O3S/c1-21(16-17-23-12-6-3-7-13-23)26-25(28)24-15-8-18-27(20-24)31(29,30)19-9-14-22-10-4-2-5-11-22/h2-7,10-13,21,24H,8-9,14-20H2,1H3,(H,26,28)/t21-,24+/m0/s1. The molecular formula is C25H34N2O3S. The van der Waals surface area contributed by atoms with Crippen LogP contribution in [0.2, 0.25) is 0 Å². The molecule has 0 radical (unpaired) electrons. The SMILES string of the molecule is C[C@@H](CCc1ccccc1)NC(=O)[C@@H]1CCCN(S(=O)(=O)CCCc2ccccc2)C1. The van der Waals surface area contributed by atoms with Crippen LogP contribution in [0.1, 0.15) is 43.7 Å². The zero-order valence-corrected chi connectivity index (χ0v) is 19.2. The molecule has 1 fully saturated rings. The number of piperidine rings is 1. The molecule has 0 unspecified atom stereocenters. The molecule has 2 aromatic rings. The van der Waals surface area contributed by atoms with E-state index in [9.17, 15) is 13.2 Å². The molecule has 3 rings (SSSR count). The molecule has 0 aromatic heterocycles. The van der Waals surface area contributed by atoms with E-state index < -0.39 is 10.0 Å². The van der Waals surface area contributed by atoms with Crippen LogP contribution in [0.25, 0.3) is 0 Å². The number of rotatable bonds is 10. The summed E-state index contributed by atoms with van der Waals surface area (Å²) in [6.45, 7) is 2.83. The van der Waals surface area contributed by atoms with Crippen LogP contribution in [0.4, 0.5) is 0 Å². The van der Waals surface area contributed by atoms with Gasteiger partial charge in [0.2, 0.25) is 15.9 Å². The largest absolute Gasteiger partial charge is 0.353 e. The summed E-state index contributed by atoms with van der Waals surface area (Å²) < 4.78 is 27.2. The molecule has 31 heavy (non-hydrogen) atoms. The predicted octanol–water partition coefficient (Wildman–Crippen LogP) is 3.80. The van der Waals surface area contributed by atoms with Gasteiger partial charge in [0.1, 0.15) is 0 Å². The summed E-state index contributed by atoms with van der Waals surface area (Å²) in [5, 5.41) is 3.10. The first-order valence-corrected chi connectivity index (χ1v) is 12.9. The summed E-state index contributed by atoms with van der Waals surface area (Å²) in [5.74, 6) is -0.162. The van der Waals surface area contributed by atoms with Crippen LogP contribution in [0.3, 0.4) is 0 Å². The number of nitrogens with zero attached hydrogens (tertiary/aromatic N) is 1. The lowest BCUT2D eigenvalue weighted by Crippen LogP contribution is -2.47. The number of sulfonamides is 1. The van der Waals surface area contributed by atoms with E-state index in [2.05, 4.69) is 17.4 Å². The van der Waals surface area contributed by atoms with Gasteiger partial charge in [-0.15, -0.1) is 0 Å². The minimum absolute atomic E-state index is 0.0234. The third-order valence-electron chi connectivity index (χ3n) is 5.96. The van der Waals surface area contributed by atoms with Crippen molar-refractivity contribution in [3.63, 3.8) is 0 Å². The maximum Gasteiger partial charge on any atom is 0.224 e. The van der Waals surface area contributed by atoms with Crippen LogP contribution >= 0.6 is 0 Å². The van der Waals surface area contributed by atoms with Crippen molar-refractivity contribution in [2.75, 3.05) is 18.8 Å². The van der Waals surface area contributed by atoms with Gasteiger partial charge in [-0.3, -0.25) is 4.79 Å². The Kier molecular flexibility index (Phi) is 8.67. The lowest BCUT2D eigenvalue weighted by atomic mass is 9.98. The smallest absolute Gasteiger partial charge is 0.224 e. The third kappa shape index (κ3) is 7.47. The van der Waals surface area contributed by atoms with Crippen molar-refractivity contribution in [3.05, 3.63) is 71.8 Å². The third-order valence-corrected chi connectivity index (χ3v) is 7.88. The predicted molar refractivity (Wildman–Crippen MR) is 125 cm³/mol. The molecule has 1 amide bonds. The minimum atomic E-state index is -3.34. The van der Waals surface area contributed by atoms with E-state index in [1.165, 1.54) is 9.87 Å². The number of hydrogen-bond acceptors (Lipinski definition) is 3. The van der Waals surface area contributed by atoms with Crippen molar-refractivity contribution in [3.8, 4) is 0 Å². The number of amides is 1. The number of hydrogen-bond donors (Lipinski definition) is 1. The zero-order chi connectivity index (χ0) is 22.1. The van der Waals surface area contributed by atoms with Crippen LogP contribution in [0, 0.1) is 5.92 Å². The van der Waals surface area contributed by atoms with Gasteiger partial charge in [0.05, 0.1) is 11.7 Å². The lowest BCUT2D eigenvalue weighted by molar-refractivity contribution is -0.126. The molecule has 5 nitrogen and oxygen atoms in total. The van der Waals surface area contributed by atoms with Gasteiger partial charge in [0.25, 0.3) is 0 Å². The molecule has 0 aliphatic carbocycles. The Morgan fingerprint density at radius 1 is 1.03 bits per heavy atom. The van der Waals surface area contributed by atoms with E-state index in [0.29, 0.717) is 19.5 Å². The van der Waals surface area contributed by atoms with Crippen LogP contribution in [0.15, 0.2) is 60.7 Å². The molecule has 0 spiro atoms. The number of carbonyl (C=O) groups is 1. The Labute approximate surface area is 186 Å². The van der Waals surface area contributed by atoms with Crippen molar-refractivity contribution in [1.29, 1.82) is 0 Å². The summed E-state index contributed by atoms with van der Waals surface area (Å²) >= 11 is 0. The number of benzene rings is 2. The van der Waals surface area contributed by atoms with Crippen molar-refractivity contribution in [2.24, 2.45) is 5.92 Å². The molecule has 0 saturated carbocycles. The summed E-state index contributed by atoms with van der Waals surface area (Å²) in [5.41, 5.74) is 2.41. The molecule has 168 valence electrons. The first-order valence-electron chi connectivity index (χ1n) is 11.3. The normalized spacial score (nSPS) is 18.4. The zero-order valence-electron chi connectivity index (χ0n) is 18.4. The van der Waals surface area contributed by atoms with Crippen LogP contribution in [-0.2, 0) is 27.7 Å². The molecule has 6 heteroatoms. The molecule has 1 aliphatic rings. The Balaban J connectivity index is 1.45. The molecule has 0 bridgehead atoms. The van der Waals surface area contributed by atoms with Crippen LogP contribution in [-0.4, -0.2) is 43.5 Å². The maximum atomic E-state index is 12.8. The van der Waals surface area contributed by atoms with Gasteiger partial charge in [-0.1, -0.05) is 60.7 Å². The first kappa shape index (κ1) is 23.5. The van der Waals surface area contributed by atoms with Crippen molar-refractivity contribution in [1.82, 2.24) is 9.62 Å². The Morgan fingerprint density at radius 3 is 2.29 bits per heavy atom. The van der Waals surface area contributed by atoms with E-state index in [1.807, 2.05) is 55.5 Å². The van der Waals surface area contributed by atoms with E-state index in [1.54, 1.807) is 0 Å². The van der Waals surface area contributed by atoms with Gasteiger partial charge in [-0.2, -0.15) is 0 Å². The molecule has 2 atom stereocenters. The Bertz CT molecular complexity index is 916. The average Bonchev–Trinajstić information content (AvgIpc) is 2.79. The Morgan fingerprint density at radius 2 is 1.65 bits per heavy atom. The second kappa shape index (κ2) is 11.4. The number of nitrogens with one attached hydrogen (secondary N) is 1. The summed E-state index contributed by atoms with van der Waals surface area (Å²) in [7, 11) is -3.34. The minimum Gasteiger partial charge on any atom is -0.353 e. The Hall–Kier alpha value is -2.18. The fourth-order valence-electron chi connectivity index (χ4n) is 4.10. The van der Waals surface area contributed by atoms with Gasteiger partial charge in [0.15, 0.2) is 0 Å². The lowest BCUT2D eigenvalue weighted by Gasteiger charge is -2.32. The summed E-state index contributed by atoms with van der Waals surface area (Å²) in [6, 6.07) is 20.2. The number of carbonyl (C=O) groups excluding carboxylic acids is 1. The topological polar surface area (TPSA) is 66.5 Å². The van der Waals surface area contributed by atoms with Crippen molar-refractivity contribution >= 4 is 15.9 Å². The van der Waals surface area contributed by atoms with Gasteiger partial charge in [-0.25, -0.2) is 12.7 Å². The highest BCUT2D eigenvalue weighted by atomic mass is 32.2. The van der Waals surface area contributed by atoms with Crippen molar-refractivity contribution < 1.29 is 13.2 Å². The van der Waals surface area contributed by atoms with E-state index in [4.69, 9.17) is 0 Å². The maximum absolute atomic E-state index is 12.8. The molecular weight excluding hydrogens is 408 g/mol. The molecule has 1 saturated heterocycles. The monoisotopic (exact) mass is 442 g/mol. The fourth-order valence-corrected chi connectivity index (χ4v) is 5.68. The molecule has 1 heterocycles. The highest BCUT2D eigenvalue weighted by Gasteiger charge is 2.32. The second-order valence-electron chi connectivity index (χ2n) is 8.54. The van der Waals surface area contributed by atoms with Gasteiger partial charge >= 0.3 is 0 Å². The highest BCUT2D eigenvalue weighted by Crippen LogP contribution is 2.21. The summed E-state index contributed by atoms with van der Waals surface area (Å²) in [6.07, 6.45) is 4.59. The van der Waals surface area contributed by atoms with Gasteiger partial charge < -0.3 is 5.32 Å². The average molecular weight is 443 g/mol. The van der Waals surface area contributed by atoms with E-state index >= 15 is 0 Å². The van der Waals surface area contributed by atoms with Crippen LogP contribution < -0.4 is 5.32 Å². The quantitative estimate of drug-likeness (QED) is 0.609. The summed E-state index contributed by atoms with van der Waals surface area (Å²) in [4.78, 5) is 12.8. The second-order valence-corrected chi connectivity index (χ2v) is 10.6. The molecule has 2 aromatic carbocycles. The molecule has 1 N–H and O–H groups in total. The van der Waals surface area contributed by atoms with Gasteiger partial charge in [0, 0.05) is 19.1 Å². The first-order chi connectivity index (χ1) is 14.9. The van der Waals surface area contributed by atoms with Crippen LogP contribution in [0.5, 0.6) is 0 Å². The van der Waals surface area contributed by atoms with E-state index in [0.717, 1.165) is 37.7 Å². The van der Waals surface area contributed by atoms with Gasteiger partial charge in [-0.05, 0) is 56.6 Å². The van der Waals surface area contributed by atoms with Crippen molar-refractivity contribution in [2.45, 2.75) is 51.5 Å². The molecule has 1 aliphatic heterocycles.